The highest BCUT2D eigenvalue weighted by Crippen LogP contribution is 2.25. The van der Waals surface area contributed by atoms with Crippen LogP contribution in [0.25, 0.3) is 0 Å². The molecule has 0 bridgehead atoms. The summed E-state index contributed by atoms with van der Waals surface area (Å²) in [6.45, 7) is 0.302. The summed E-state index contributed by atoms with van der Waals surface area (Å²) in [5.74, 6) is -0.508. The van der Waals surface area contributed by atoms with E-state index in [4.69, 9.17) is 16.2 Å². The summed E-state index contributed by atoms with van der Waals surface area (Å²) in [4.78, 5) is 29.5. The number of para-hydroxylation sites is 2. The average molecular weight is 379 g/mol. The zero-order valence-electron chi connectivity index (χ0n) is 15.4. The first-order chi connectivity index (χ1) is 13.5. The molecule has 0 unspecified atom stereocenters. The molecule has 0 fully saturated rings. The first-order valence-electron chi connectivity index (χ1n) is 8.58. The first-order valence-corrected chi connectivity index (χ1v) is 8.58. The number of carbonyl (C=O) groups excluding carboxylic acids is 2. The summed E-state index contributed by atoms with van der Waals surface area (Å²) in [5.41, 5.74) is 14.3. The number of nitrogens with zero attached hydrogens (tertiary/aromatic N) is 3. The Morgan fingerprint density at radius 3 is 2.46 bits per heavy atom. The van der Waals surface area contributed by atoms with Gasteiger partial charge in [-0.15, -0.1) is 0 Å². The van der Waals surface area contributed by atoms with Crippen LogP contribution in [0.2, 0.25) is 0 Å². The van der Waals surface area contributed by atoms with E-state index in [1.165, 1.54) is 4.90 Å². The molecule has 144 valence electrons. The third kappa shape index (κ3) is 4.29. The van der Waals surface area contributed by atoms with Gasteiger partial charge in [-0.05, 0) is 29.8 Å². The van der Waals surface area contributed by atoms with Crippen LogP contribution in [0.15, 0.2) is 61.1 Å². The lowest BCUT2D eigenvalue weighted by molar-refractivity contribution is 0.1000. The van der Waals surface area contributed by atoms with Gasteiger partial charge in [0.05, 0.1) is 36.1 Å². The van der Waals surface area contributed by atoms with E-state index in [-0.39, 0.29) is 13.2 Å². The van der Waals surface area contributed by atoms with E-state index < -0.39 is 12.0 Å². The van der Waals surface area contributed by atoms with Gasteiger partial charge in [-0.25, -0.2) is 9.78 Å². The van der Waals surface area contributed by atoms with Crippen molar-refractivity contribution in [3.05, 3.63) is 77.9 Å². The van der Waals surface area contributed by atoms with Crippen molar-refractivity contribution in [2.75, 3.05) is 10.6 Å². The molecular weight excluding hydrogens is 358 g/mol. The molecule has 1 heterocycles. The van der Waals surface area contributed by atoms with Gasteiger partial charge in [0, 0.05) is 12.6 Å². The maximum Gasteiger partial charge on any atom is 0.415 e. The maximum absolute atomic E-state index is 12.8. The number of hydrogen-bond acceptors (Lipinski definition) is 5. The van der Waals surface area contributed by atoms with Crippen molar-refractivity contribution in [1.82, 2.24) is 9.55 Å². The molecule has 2 aromatic carbocycles. The predicted octanol–water partition coefficient (Wildman–Crippen LogP) is 2.44. The molecule has 0 saturated carbocycles. The fraction of sp³-hybridized carbons (Fsp3) is 0.150. The van der Waals surface area contributed by atoms with Crippen LogP contribution in [0.4, 0.5) is 16.2 Å². The van der Waals surface area contributed by atoms with Crippen LogP contribution in [-0.2, 0) is 24.9 Å². The summed E-state index contributed by atoms with van der Waals surface area (Å²) in [7, 11) is 1.82. The normalized spacial score (nSPS) is 10.5. The Hall–Kier alpha value is -3.81. The Morgan fingerprint density at radius 2 is 1.86 bits per heavy atom. The lowest BCUT2D eigenvalue weighted by Gasteiger charge is -2.24. The van der Waals surface area contributed by atoms with E-state index in [0.29, 0.717) is 16.9 Å². The topological polar surface area (TPSA) is 116 Å². The smallest absolute Gasteiger partial charge is 0.415 e. The number of aryl methyl sites for hydroxylation is 1. The summed E-state index contributed by atoms with van der Waals surface area (Å²) in [6, 6.07) is 13.8. The molecule has 0 aliphatic carbocycles. The summed E-state index contributed by atoms with van der Waals surface area (Å²) in [6.07, 6.45) is 2.73. The Balaban J connectivity index is 1.82. The maximum atomic E-state index is 12.8. The van der Waals surface area contributed by atoms with Crippen LogP contribution in [-0.4, -0.2) is 21.6 Å². The molecule has 0 spiro atoms. The largest absolute Gasteiger partial charge is 0.443 e. The molecule has 28 heavy (non-hydrogen) atoms. The highest BCUT2D eigenvalue weighted by atomic mass is 16.6. The fourth-order valence-electron chi connectivity index (χ4n) is 2.68. The molecule has 8 heteroatoms. The Labute approximate surface area is 162 Å². The van der Waals surface area contributed by atoms with Gasteiger partial charge in [0.25, 0.3) is 0 Å². The van der Waals surface area contributed by atoms with Crippen LogP contribution in [0.5, 0.6) is 0 Å². The van der Waals surface area contributed by atoms with Gasteiger partial charge in [-0.3, -0.25) is 9.69 Å². The quantitative estimate of drug-likeness (QED) is 0.638. The molecule has 4 N–H and O–H groups in total. The molecule has 0 saturated heterocycles. The minimum absolute atomic E-state index is 0.0825. The first kappa shape index (κ1) is 19.0. The van der Waals surface area contributed by atoms with E-state index in [1.807, 2.05) is 7.05 Å². The van der Waals surface area contributed by atoms with Gasteiger partial charge in [0.15, 0.2) is 0 Å². The SMILES string of the molecule is Cn1cncc1COC(=O)N(Cc1ccc(C(N)=O)cc1)c1ccccc1N. The van der Waals surface area contributed by atoms with E-state index in [1.54, 1.807) is 65.6 Å². The number of aromatic nitrogens is 2. The van der Waals surface area contributed by atoms with Gasteiger partial charge in [0.1, 0.15) is 6.61 Å². The minimum atomic E-state index is -0.543. The van der Waals surface area contributed by atoms with E-state index in [0.717, 1.165) is 11.3 Å². The third-order valence-electron chi connectivity index (χ3n) is 4.29. The van der Waals surface area contributed by atoms with E-state index >= 15 is 0 Å². The molecule has 8 nitrogen and oxygen atoms in total. The number of primary amides is 1. The lowest BCUT2D eigenvalue weighted by Crippen LogP contribution is -2.31. The van der Waals surface area contributed by atoms with Crippen molar-refractivity contribution in [3.63, 3.8) is 0 Å². The molecule has 1 aromatic heterocycles. The second-order valence-electron chi connectivity index (χ2n) is 6.26. The molecule has 0 radical (unpaired) electrons. The number of anilines is 2. The molecular formula is C20H21N5O3. The van der Waals surface area contributed by atoms with Crippen LogP contribution in [0.3, 0.4) is 0 Å². The van der Waals surface area contributed by atoms with Crippen LogP contribution >= 0.6 is 0 Å². The number of rotatable bonds is 6. The number of amides is 2. The van der Waals surface area contributed by atoms with Gasteiger partial charge < -0.3 is 20.8 Å². The van der Waals surface area contributed by atoms with E-state index in [2.05, 4.69) is 4.98 Å². The molecule has 3 aromatic rings. The number of hydrogen-bond donors (Lipinski definition) is 2. The Morgan fingerprint density at radius 1 is 1.14 bits per heavy atom. The number of nitrogen functional groups attached to an aromatic ring is 1. The van der Waals surface area contributed by atoms with Crippen molar-refractivity contribution in [3.8, 4) is 0 Å². The van der Waals surface area contributed by atoms with Crippen LogP contribution in [0.1, 0.15) is 21.6 Å². The van der Waals surface area contributed by atoms with Crippen LogP contribution in [0, 0.1) is 0 Å². The molecule has 0 aliphatic rings. The number of imidazole rings is 1. The number of ether oxygens (including phenoxy) is 1. The lowest BCUT2D eigenvalue weighted by atomic mass is 10.1. The average Bonchev–Trinajstić information content (AvgIpc) is 3.10. The second kappa shape index (κ2) is 8.26. The van der Waals surface area contributed by atoms with Gasteiger partial charge in [-0.2, -0.15) is 0 Å². The zero-order chi connectivity index (χ0) is 20.1. The summed E-state index contributed by atoms with van der Waals surface area (Å²) >= 11 is 0. The van der Waals surface area contributed by atoms with Crippen molar-refractivity contribution in [2.45, 2.75) is 13.2 Å². The Kier molecular flexibility index (Phi) is 5.59. The van der Waals surface area contributed by atoms with Gasteiger partial charge in [-0.1, -0.05) is 24.3 Å². The molecule has 3 rings (SSSR count). The third-order valence-corrected chi connectivity index (χ3v) is 4.29. The van der Waals surface area contributed by atoms with Gasteiger partial charge in [0.2, 0.25) is 5.91 Å². The standard InChI is InChI=1S/C20H21N5O3/c1-24-13-23-10-16(24)12-28-20(27)25(18-5-3-2-4-17(18)21)11-14-6-8-15(9-7-14)19(22)26/h2-10,13H,11-12,21H2,1H3,(H2,22,26). The van der Waals surface area contributed by atoms with E-state index in [9.17, 15) is 9.59 Å². The fourth-order valence-corrected chi connectivity index (χ4v) is 2.68. The monoisotopic (exact) mass is 379 g/mol. The predicted molar refractivity (Wildman–Crippen MR) is 105 cm³/mol. The summed E-state index contributed by atoms with van der Waals surface area (Å²) in [5, 5.41) is 0. The Bertz CT molecular complexity index is 982. The number of carbonyl (C=O) groups is 2. The second-order valence-corrected chi connectivity index (χ2v) is 6.26. The number of benzene rings is 2. The molecule has 0 atom stereocenters. The van der Waals surface area contributed by atoms with Crippen molar-refractivity contribution in [2.24, 2.45) is 12.8 Å². The molecule has 2 amide bonds. The van der Waals surface area contributed by atoms with Crippen LogP contribution < -0.4 is 16.4 Å². The summed E-state index contributed by atoms with van der Waals surface area (Å²) < 4.78 is 7.24. The van der Waals surface area contributed by atoms with Crippen molar-refractivity contribution >= 4 is 23.4 Å². The number of nitrogens with two attached hydrogens (primary N) is 2. The highest BCUT2D eigenvalue weighted by molar-refractivity contribution is 5.93. The van der Waals surface area contributed by atoms with Gasteiger partial charge >= 0.3 is 6.09 Å². The zero-order valence-corrected chi connectivity index (χ0v) is 15.4. The highest BCUT2D eigenvalue weighted by Gasteiger charge is 2.20. The van der Waals surface area contributed by atoms with Crippen molar-refractivity contribution < 1.29 is 14.3 Å². The minimum Gasteiger partial charge on any atom is -0.443 e. The van der Waals surface area contributed by atoms with Crippen molar-refractivity contribution in [1.29, 1.82) is 0 Å². The molecule has 0 aliphatic heterocycles.